The zero-order valence-corrected chi connectivity index (χ0v) is 9.85. The molecular weight excluding hydrogens is 179 g/mol. The lowest BCUT2D eigenvalue weighted by atomic mass is 10.2. The Morgan fingerprint density at radius 1 is 1.08 bits per heavy atom. The number of hydrogen-bond donors (Lipinski definition) is 0. The van der Waals surface area contributed by atoms with Gasteiger partial charge in [0.15, 0.2) is 0 Å². The van der Waals surface area contributed by atoms with Crippen LogP contribution in [0, 0.1) is 0 Å². The summed E-state index contributed by atoms with van der Waals surface area (Å²) in [6.07, 6.45) is 12.2. The Balaban J connectivity index is 3.12. The van der Waals surface area contributed by atoms with E-state index in [0.717, 1.165) is 25.2 Å². The van der Waals surface area contributed by atoms with Gasteiger partial charge in [0.2, 0.25) is 0 Å². The minimum atomic E-state index is -0.880. The van der Waals surface area contributed by atoms with Gasteiger partial charge < -0.3 is 0 Å². The van der Waals surface area contributed by atoms with Crippen molar-refractivity contribution in [3.63, 3.8) is 0 Å². The van der Waals surface area contributed by atoms with Crippen molar-refractivity contribution in [3.8, 4) is 0 Å². The van der Waals surface area contributed by atoms with Gasteiger partial charge in [0.05, 0.1) is 0 Å². The molecule has 0 aromatic heterocycles. The van der Waals surface area contributed by atoms with Crippen LogP contribution in [-0.2, 0) is 4.57 Å². The Hall–Kier alpha value is -0.160. The fourth-order valence-electron chi connectivity index (χ4n) is 1.11. The van der Waals surface area contributed by atoms with Gasteiger partial charge in [0, 0.05) is 0 Å². The highest BCUT2D eigenvalue weighted by atomic mass is 31.1. The summed E-state index contributed by atoms with van der Waals surface area (Å²) in [4.78, 5) is 0. The Morgan fingerprint density at radius 2 is 1.77 bits per heavy atom. The Bertz CT molecular complexity index is 152. The molecule has 0 N–H and O–H groups in total. The van der Waals surface area contributed by atoms with Crippen LogP contribution in [0.2, 0.25) is 0 Å². The Morgan fingerprint density at radius 3 is 2.38 bits per heavy atom. The number of allylic oxidation sites excluding steroid dienone is 2. The van der Waals surface area contributed by atoms with E-state index in [0.29, 0.717) is 0 Å². The quantitative estimate of drug-likeness (QED) is 0.324. The second-order valence-corrected chi connectivity index (χ2v) is 5.32. The highest BCUT2D eigenvalue weighted by Crippen LogP contribution is 2.21. The molecule has 1 atom stereocenters. The van der Waals surface area contributed by atoms with Crippen LogP contribution in [0.25, 0.3) is 0 Å². The normalized spacial score (nSPS) is 12.3. The van der Waals surface area contributed by atoms with Crippen molar-refractivity contribution in [3.05, 3.63) is 12.2 Å². The molecule has 0 rings (SSSR count). The smallest absolute Gasteiger partial charge is 0.0885 e. The maximum Gasteiger partial charge on any atom is 0.338 e. The van der Waals surface area contributed by atoms with Gasteiger partial charge in [-0.3, -0.25) is 0 Å². The summed E-state index contributed by atoms with van der Waals surface area (Å²) in [6.45, 7) is 4.19. The summed E-state index contributed by atoms with van der Waals surface area (Å²) in [5, 5.41) is 0. The van der Waals surface area contributed by atoms with Crippen LogP contribution in [-0.4, -0.2) is 12.3 Å². The third-order valence-electron chi connectivity index (χ3n) is 2.00. The maximum absolute atomic E-state index is 11.1. The summed E-state index contributed by atoms with van der Waals surface area (Å²) in [5.41, 5.74) is 0. The molecule has 1 nitrogen and oxygen atoms in total. The van der Waals surface area contributed by atoms with E-state index in [2.05, 4.69) is 19.1 Å². The van der Waals surface area contributed by atoms with E-state index in [1.807, 2.05) is 6.92 Å². The van der Waals surface area contributed by atoms with E-state index in [1.165, 1.54) is 19.3 Å². The molecule has 0 aromatic carbocycles. The molecule has 0 aliphatic heterocycles. The molecule has 0 aromatic rings. The van der Waals surface area contributed by atoms with Crippen molar-refractivity contribution in [2.75, 3.05) is 12.3 Å². The van der Waals surface area contributed by atoms with Crippen molar-refractivity contribution in [1.82, 2.24) is 0 Å². The van der Waals surface area contributed by atoms with Crippen molar-refractivity contribution >= 4 is 7.80 Å². The summed E-state index contributed by atoms with van der Waals surface area (Å²) in [6, 6.07) is 0. The minimum Gasteiger partial charge on any atom is -0.0885 e. The molecule has 0 saturated heterocycles. The molecule has 0 heterocycles. The van der Waals surface area contributed by atoms with E-state index >= 15 is 0 Å². The van der Waals surface area contributed by atoms with E-state index in [9.17, 15) is 4.57 Å². The molecule has 76 valence electrons. The van der Waals surface area contributed by atoms with Gasteiger partial charge in [0.1, 0.15) is 12.3 Å². The highest BCUT2D eigenvalue weighted by molar-refractivity contribution is 7.44. The monoisotopic (exact) mass is 201 g/mol. The van der Waals surface area contributed by atoms with Gasteiger partial charge >= 0.3 is 7.80 Å². The molecule has 13 heavy (non-hydrogen) atoms. The fourth-order valence-corrected chi connectivity index (χ4v) is 2.00. The fraction of sp³-hybridized carbons (Fsp3) is 0.818. The Kier molecular flexibility index (Phi) is 9.80. The molecule has 0 bridgehead atoms. The first-order chi connectivity index (χ1) is 6.31. The predicted molar refractivity (Wildman–Crippen MR) is 60.9 cm³/mol. The lowest BCUT2D eigenvalue weighted by Gasteiger charge is -1.90. The molecule has 0 fully saturated rings. The van der Waals surface area contributed by atoms with Crippen molar-refractivity contribution in [1.29, 1.82) is 0 Å². The van der Waals surface area contributed by atoms with Crippen molar-refractivity contribution < 1.29 is 4.57 Å². The Labute approximate surface area is 83.4 Å². The summed E-state index contributed by atoms with van der Waals surface area (Å²) in [5.74, 6) is 0. The second kappa shape index (κ2) is 9.92. The van der Waals surface area contributed by atoms with Crippen LogP contribution in [0.1, 0.15) is 46.0 Å². The first-order valence-corrected chi connectivity index (χ1v) is 7.01. The highest BCUT2D eigenvalue weighted by Gasteiger charge is 2.08. The van der Waals surface area contributed by atoms with E-state index in [-0.39, 0.29) is 0 Å². The average Bonchev–Trinajstić information content (AvgIpc) is 2.16. The van der Waals surface area contributed by atoms with E-state index in [4.69, 9.17) is 0 Å². The molecule has 2 heteroatoms. The topological polar surface area (TPSA) is 17.1 Å². The second-order valence-electron chi connectivity index (χ2n) is 3.28. The number of hydrogen-bond acceptors (Lipinski definition) is 1. The minimum absolute atomic E-state index is 0.848. The lowest BCUT2D eigenvalue weighted by molar-refractivity contribution is 0.586. The van der Waals surface area contributed by atoms with E-state index in [1.54, 1.807) is 0 Å². The van der Waals surface area contributed by atoms with Crippen LogP contribution in [0.3, 0.4) is 0 Å². The van der Waals surface area contributed by atoms with Crippen LogP contribution in [0.5, 0.6) is 0 Å². The largest absolute Gasteiger partial charge is 0.338 e. The zero-order chi connectivity index (χ0) is 9.94. The molecule has 0 aliphatic carbocycles. The standard InChI is InChI=1S/C11H22OP/c1-3-5-6-7-8-9-10-11-13(12)4-2/h6-7H,3-5,8-11H2,1-2H3/q+1. The maximum atomic E-state index is 11.1. The van der Waals surface area contributed by atoms with Crippen molar-refractivity contribution in [2.24, 2.45) is 0 Å². The molecule has 0 radical (unpaired) electrons. The van der Waals surface area contributed by atoms with Crippen LogP contribution < -0.4 is 0 Å². The van der Waals surface area contributed by atoms with Crippen LogP contribution in [0.4, 0.5) is 0 Å². The number of rotatable bonds is 8. The average molecular weight is 201 g/mol. The number of unbranched alkanes of at least 4 members (excludes halogenated alkanes) is 3. The first-order valence-electron chi connectivity index (χ1n) is 5.38. The first kappa shape index (κ1) is 12.8. The summed E-state index contributed by atoms with van der Waals surface area (Å²) >= 11 is 0. The molecule has 0 spiro atoms. The van der Waals surface area contributed by atoms with Crippen molar-refractivity contribution in [2.45, 2.75) is 46.0 Å². The van der Waals surface area contributed by atoms with Crippen LogP contribution in [0.15, 0.2) is 12.2 Å². The molecule has 0 saturated carbocycles. The van der Waals surface area contributed by atoms with Gasteiger partial charge in [0.25, 0.3) is 0 Å². The molecule has 0 amide bonds. The molecule has 1 unspecified atom stereocenters. The third kappa shape index (κ3) is 9.76. The van der Waals surface area contributed by atoms with E-state index < -0.39 is 7.80 Å². The predicted octanol–water partition coefficient (Wildman–Crippen LogP) is 4.36. The lowest BCUT2D eigenvalue weighted by Crippen LogP contribution is -1.80. The van der Waals surface area contributed by atoms with Gasteiger partial charge in [-0.05, 0) is 32.6 Å². The summed E-state index contributed by atoms with van der Waals surface area (Å²) in [7, 11) is -0.880. The van der Waals surface area contributed by atoms with Crippen LogP contribution >= 0.6 is 7.80 Å². The van der Waals surface area contributed by atoms with Gasteiger partial charge in [-0.15, -0.1) is 0 Å². The van der Waals surface area contributed by atoms with Gasteiger partial charge in [-0.2, -0.15) is 0 Å². The summed E-state index contributed by atoms with van der Waals surface area (Å²) < 4.78 is 11.1. The molecule has 0 aliphatic rings. The van der Waals surface area contributed by atoms with Gasteiger partial charge in [-0.25, -0.2) is 0 Å². The van der Waals surface area contributed by atoms with Gasteiger partial charge in [-0.1, -0.05) is 30.1 Å². The zero-order valence-electron chi connectivity index (χ0n) is 8.96. The SMILES string of the molecule is CCCC=CCCCC[P+](=O)CC. The third-order valence-corrected chi connectivity index (χ3v) is 3.52. The molecular formula is C11H22OP+.